The summed E-state index contributed by atoms with van der Waals surface area (Å²) in [5, 5.41) is 2.96. The predicted octanol–water partition coefficient (Wildman–Crippen LogP) is 1.85. The van der Waals surface area contributed by atoms with Crippen molar-refractivity contribution in [2.45, 2.75) is 26.7 Å². The highest BCUT2D eigenvalue weighted by atomic mass is 16.5. The molecule has 1 N–H and O–H groups in total. The molecule has 4 nitrogen and oxygen atoms in total. The van der Waals surface area contributed by atoms with Crippen LogP contribution in [0.4, 0.5) is 0 Å². The van der Waals surface area contributed by atoms with Gasteiger partial charge >= 0.3 is 0 Å². The maximum absolute atomic E-state index is 12.0. The van der Waals surface area contributed by atoms with Crippen molar-refractivity contribution in [1.82, 2.24) is 10.3 Å². The van der Waals surface area contributed by atoms with E-state index in [0.717, 1.165) is 37.4 Å². The minimum atomic E-state index is -0.0116. The van der Waals surface area contributed by atoms with Crippen LogP contribution in [0, 0.1) is 19.8 Å². The molecule has 1 aromatic rings. The molecule has 18 heavy (non-hydrogen) atoms. The Balaban J connectivity index is 1.83. The zero-order chi connectivity index (χ0) is 13.0. The molecule has 1 atom stereocenters. The fourth-order valence-electron chi connectivity index (χ4n) is 2.27. The van der Waals surface area contributed by atoms with Gasteiger partial charge in [0.1, 0.15) is 0 Å². The van der Waals surface area contributed by atoms with Crippen molar-refractivity contribution in [2.24, 2.45) is 5.92 Å². The third kappa shape index (κ3) is 3.53. The van der Waals surface area contributed by atoms with Crippen LogP contribution < -0.4 is 5.32 Å². The summed E-state index contributed by atoms with van der Waals surface area (Å²) < 4.78 is 5.31. The first-order valence-corrected chi connectivity index (χ1v) is 6.46. The van der Waals surface area contributed by atoms with E-state index in [1.807, 2.05) is 26.0 Å². The topological polar surface area (TPSA) is 51.2 Å². The Morgan fingerprint density at radius 1 is 1.44 bits per heavy atom. The molecule has 0 aromatic carbocycles. The zero-order valence-electron chi connectivity index (χ0n) is 11.0. The van der Waals surface area contributed by atoms with Gasteiger partial charge in [0, 0.05) is 36.7 Å². The molecule has 98 valence electrons. The van der Waals surface area contributed by atoms with Gasteiger partial charge in [0.25, 0.3) is 5.91 Å². The Morgan fingerprint density at radius 3 is 2.78 bits per heavy atom. The molecule has 1 saturated heterocycles. The number of rotatable bonds is 4. The Hall–Kier alpha value is -1.42. The van der Waals surface area contributed by atoms with E-state index < -0.39 is 0 Å². The normalized spacial score (nSPS) is 18.9. The lowest BCUT2D eigenvalue weighted by Crippen LogP contribution is -2.26. The third-order valence-electron chi connectivity index (χ3n) is 3.21. The standard InChI is InChI=1S/C14H20N2O2/c1-10-7-13(8-11(2)16-10)14(17)15-5-3-12-4-6-18-9-12/h7-8,12H,3-6,9H2,1-2H3,(H,15,17)/t12-/m1/s1. The van der Waals surface area contributed by atoms with E-state index in [1.165, 1.54) is 0 Å². The van der Waals surface area contributed by atoms with E-state index in [-0.39, 0.29) is 5.91 Å². The maximum atomic E-state index is 12.0. The monoisotopic (exact) mass is 248 g/mol. The van der Waals surface area contributed by atoms with Crippen molar-refractivity contribution in [3.05, 3.63) is 29.1 Å². The summed E-state index contributed by atoms with van der Waals surface area (Å²) in [5.41, 5.74) is 2.45. The van der Waals surface area contributed by atoms with E-state index in [0.29, 0.717) is 18.0 Å². The molecule has 0 aliphatic carbocycles. The van der Waals surface area contributed by atoms with Crippen LogP contribution in [0.15, 0.2) is 12.1 Å². The summed E-state index contributed by atoms with van der Waals surface area (Å²) >= 11 is 0. The highest BCUT2D eigenvalue weighted by molar-refractivity contribution is 5.94. The van der Waals surface area contributed by atoms with Gasteiger partial charge in [-0.1, -0.05) is 0 Å². The molecule has 1 fully saturated rings. The van der Waals surface area contributed by atoms with Crippen LogP contribution in [-0.2, 0) is 4.74 Å². The summed E-state index contributed by atoms with van der Waals surface area (Å²) in [6.07, 6.45) is 2.11. The number of amides is 1. The number of aryl methyl sites for hydroxylation is 2. The van der Waals surface area contributed by atoms with Crippen LogP contribution in [0.25, 0.3) is 0 Å². The molecule has 4 heteroatoms. The second-order valence-corrected chi connectivity index (χ2v) is 4.91. The van der Waals surface area contributed by atoms with E-state index in [4.69, 9.17) is 4.74 Å². The van der Waals surface area contributed by atoms with Crippen molar-refractivity contribution in [3.8, 4) is 0 Å². The average molecular weight is 248 g/mol. The van der Waals surface area contributed by atoms with Crippen molar-refractivity contribution in [2.75, 3.05) is 19.8 Å². The van der Waals surface area contributed by atoms with Gasteiger partial charge in [-0.25, -0.2) is 0 Å². The lowest BCUT2D eigenvalue weighted by Gasteiger charge is -2.09. The van der Waals surface area contributed by atoms with E-state index >= 15 is 0 Å². The quantitative estimate of drug-likeness (QED) is 0.884. The first kappa shape index (κ1) is 13.0. The van der Waals surface area contributed by atoms with Crippen LogP contribution in [0.1, 0.15) is 34.6 Å². The van der Waals surface area contributed by atoms with Crippen molar-refractivity contribution >= 4 is 5.91 Å². The molecule has 1 aliphatic heterocycles. The second kappa shape index (κ2) is 5.96. The number of aromatic nitrogens is 1. The molecule has 0 spiro atoms. The highest BCUT2D eigenvalue weighted by Gasteiger charge is 2.15. The van der Waals surface area contributed by atoms with Gasteiger partial charge in [-0.15, -0.1) is 0 Å². The van der Waals surface area contributed by atoms with E-state index in [2.05, 4.69) is 10.3 Å². The maximum Gasteiger partial charge on any atom is 0.251 e. The van der Waals surface area contributed by atoms with Crippen molar-refractivity contribution in [1.29, 1.82) is 0 Å². The molecule has 0 saturated carbocycles. The van der Waals surface area contributed by atoms with Crippen LogP contribution in [0.5, 0.6) is 0 Å². The lowest BCUT2D eigenvalue weighted by atomic mass is 10.1. The summed E-state index contributed by atoms with van der Waals surface area (Å²) in [7, 11) is 0. The number of nitrogens with one attached hydrogen (secondary N) is 1. The van der Waals surface area contributed by atoms with Gasteiger partial charge in [-0.3, -0.25) is 9.78 Å². The van der Waals surface area contributed by atoms with Gasteiger partial charge in [0.2, 0.25) is 0 Å². The molecule has 2 heterocycles. The fourth-order valence-corrected chi connectivity index (χ4v) is 2.27. The number of hydrogen-bond acceptors (Lipinski definition) is 3. The Bertz CT molecular complexity index is 406. The van der Waals surface area contributed by atoms with Crippen LogP contribution in [0.2, 0.25) is 0 Å². The molecular weight excluding hydrogens is 228 g/mol. The lowest BCUT2D eigenvalue weighted by molar-refractivity contribution is 0.0950. The SMILES string of the molecule is Cc1cc(C(=O)NCC[C@@H]2CCOC2)cc(C)n1. The number of hydrogen-bond donors (Lipinski definition) is 1. The third-order valence-corrected chi connectivity index (χ3v) is 3.21. The smallest absolute Gasteiger partial charge is 0.251 e. The Morgan fingerprint density at radius 2 is 2.17 bits per heavy atom. The molecule has 0 radical (unpaired) electrons. The number of nitrogens with zero attached hydrogens (tertiary/aromatic N) is 1. The summed E-state index contributed by atoms with van der Waals surface area (Å²) in [4.78, 5) is 16.2. The summed E-state index contributed by atoms with van der Waals surface area (Å²) in [6, 6.07) is 3.64. The van der Waals surface area contributed by atoms with Gasteiger partial charge in [0.15, 0.2) is 0 Å². The second-order valence-electron chi connectivity index (χ2n) is 4.91. The molecular formula is C14H20N2O2. The first-order chi connectivity index (χ1) is 8.65. The number of ether oxygens (including phenoxy) is 1. The highest BCUT2D eigenvalue weighted by Crippen LogP contribution is 2.15. The zero-order valence-corrected chi connectivity index (χ0v) is 11.0. The van der Waals surface area contributed by atoms with E-state index in [9.17, 15) is 4.79 Å². The molecule has 2 rings (SSSR count). The van der Waals surface area contributed by atoms with Gasteiger partial charge < -0.3 is 10.1 Å². The number of pyridine rings is 1. The number of carbonyl (C=O) groups excluding carboxylic acids is 1. The van der Waals surface area contributed by atoms with Crippen molar-refractivity contribution in [3.63, 3.8) is 0 Å². The Labute approximate surface area is 108 Å². The van der Waals surface area contributed by atoms with Crippen LogP contribution in [0.3, 0.4) is 0 Å². The molecule has 0 unspecified atom stereocenters. The van der Waals surface area contributed by atoms with Gasteiger partial charge in [-0.05, 0) is 44.7 Å². The average Bonchev–Trinajstić information content (AvgIpc) is 2.80. The van der Waals surface area contributed by atoms with Crippen LogP contribution >= 0.6 is 0 Å². The minimum Gasteiger partial charge on any atom is -0.381 e. The Kier molecular flexibility index (Phi) is 4.31. The molecule has 1 aliphatic rings. The first-order valence-electron chi connectivity index (χ1n) is 6.46. The summed E-state index contributed by atoms with van der Waals surface area (Å²) in [6.45, 7) is 6.22. The number of carbonyl (C=O) groups is 1. The molecule has 1 aromatic heterocycles. The van der Waals surface area contributed by atoms with Crippen molar-refractivity contribution < 1.29 is 9.53 Å². The molecule has 1 amide bonds. The van der Waals surface area contributed by atoms with Crippen LogP contribution in [-0.4, -0.2) is 30.6 Å². The fraction of sp³-hybridized carbons (Fsp3) is 0.571. The molecule has 0 bridgehead atoms. The van der Waals surface area contributed by atoms with Gasteiger partial charge in [0.05, 0.1) is 0 Å². The largest absolute Gasteiger partial charge is 0.381 e. The van der Waals surface area contributed by atoms with E-state index in [1.54, 1.807) is 0 Å². The van der Waals surface area contributed by atoms with Gasteiger partial charge in [-0.2, -0.15) is 0 Å². The predicted molar refractivity (Wildman–Crippen MR) is 69.6 cm³/mol. The summed E-state index contributed by atoms with van der Waals surface area (Å²) in [5.74, 6) is 0.591. The minimum absolute atomic E-state index is 0.0116.